The number of nitrogens with zero attached hydrogens (tertiary/aromatic N) is 1. The summed E-state index contributed by atoms with van der Waals surface area (Å²) >= 11 is 0. The van der Waals surface area contributed by atoms with Gasteiger partial charge in [0.2, 0.25) is 5.88 Å². The molecule has 2 rings (SSSR count). The fourth-order valence-corrected chi connectivity index (χ4v) is 1.77. The van der Waals surface area contributed by atoms with Crippen LogP contribution in [-0.4, -0.2) is 25.5 Å². The van der Waals surface area contributed by atoms with E-state index in [1.807, 2.05) is 44.2 Å². The molecule has 0 bridgehead atoms. The van der Waals surface area contributed by atoms with Crippen LogP contribution < -0.4 is 15.9 Å². The number of nitrogen functional groups attached to an aromatic ring is 1. The van der Waals surface area contributed by atoms with Crippen LogP contribution in [0.1, 0.15) is 13.8 Å². The number of pyridine rings is 1. The minimum absolute atomic E-state index is 0.345. The van der Waals surface area contributed by atoms with Crippen molar-refractivity contribution in [2.75, 3.05) is 18.6 Å². The molecule has 1 aromatic heterocycles. The zero-order valence-corrected chi connectivity index (χ0v) is 11.6. The van der Waals surface area contributed by atoms with E-state index in [9.17, 15) is 0 Å². The van der Waals surface area contributed by atoms with Gasteiger partial charge in [-0.2, -0.15) is 0 Å². The van der Waals surface area contributed by atoms with E-state index in [-0.39, 0.29) is 0 Å². The summed E-state index contributed by atoms with van der Waals surface area (Å²) in [5.74, 6) is 5.86. The van der Waals surface area contributed by atoms with Crippen LogP contribution in [0.3, 0.4) is 0 Å². The number of rotatable bonds is 7. The van der Waals surface area contributed by atoms with Crippen molar-refractivity contribution in [1.29, 1.82) is 0 Å². The predicted octanol–water partition coefficient (Wildman–Crippen LogP) is 1.96. The van der Waals surface area contributed by atoms with E-state index in [0.717, 1.165) is 10.9 Å². The lowest BCUT2D eigenvalue weighted by atomic mass is 10.2. The lowest BCUT2D eigenvalue weighted by molar-refractivity contribution is 0.151. The normalized spacial score (nSPS) is 10.6. The maximum atomic E-state index is 5.63. The SMILES string of the molecule is CCOB(OCC)Oc1nc2ccccc2cc1NN. The van der Waals surface area contributed by atoms with Crippen molar-refractivity contribution in [2.45, 2.75) is 13.8 Å². The number of benzene rings is 1. The average molecular weight is 275 g/mol. The van der Waals surface area contributed by atoms with E-state index < -0.39 is 7.32 Å². The highest BCUT2D eigenvalue weighted by Gasteiger charge is 2.25. The largest absolute Gasteiger partial charge is 0.714 e. The zero-order chi connectivity index (χ0) is 14.4. The number of fused-ring (bicyclic) bond motifs is 1. The van der Waals surface area contributed by atoms with Gasteiger partial charge in [0.1, 0.15) is 5.69 Å². The topological polar surface area (TPSA) is 78.6 Å². The molecule has 6 nitrogen and oxygen atoms in total. The van der Waals surface area contributed by atoms with Gasteiger partial charge in [0.15, 0.2) is 0 Å². The van der Waals surface area contributed by atoms with Gasteiger partial charge in [-0.1, -0.05) is 18.2 Å². The van der Waals surface area contributed by atoms with E-state index in [4.69, 9.17) is 19.8 Å². The van der Waals surface area contributed by atoms with Gasteiger partial charge in [0, 0.05) is 18.6 Å². The van der Waals surface area contributed by atoms with Gasteiger partial charge < -0.3 is 19.4 Å². The highest BCUT2D eigenvalue weighted by molar-refractivity contribution is 6.37. The van der Waals surface area contributed by atoms with Crippen molar-refractivity contribution < 1.29 is 14.0 Å². The van der Waals surface area contributed by atoms with E-state index in [2.05, 4.69) is 10.4 Å². The maximum absolute atomic E-state index is 5.63. The quantitative estimate of drug-likeness (QED) is 0.457. The first kappa shape index (κ1) is 14.6. The van der Waals surface area contributed by atoms with Crippen molar-refractivity contribution >= 4 is 23.9 Å². The monoisotopic (exact) mass is 275 g/mol. The fraction of sp³-hybridized carbons (Fsp3) is 0.308. The third-order valence-electron chi connectivity index (χ3n) is 2.66. The fourth-order valence-electron chi connectivity index (χ4n) is 1.77. The van der Waals surface area contributed by atoms with Gasteiger partial charge in [0.25, 0.3) is 0 Å². The summed E-state index contributed by atoms with van der Waals surface area (Å²) in [4.78, 5) is 4.43. The molecule has 1 heterocycles. The Bertz CT molecular complexity index is 562. The Labute approximate surface area is 118 Å². The summed E-state index contributed by atoms with van der Waals surface area (Å²) in [7, 11) is -0.800. The second-order valence-electron chi connectivity index (χ2n) is 4.00. The molecule has 20 heavy (non-hydrogen) atoms. The van der Waals surface area contributed by atoms with Gasteiger partial charge in [0.05, 0.1) is 5.52 Å². The number of hydrogen-bond acceptors (Lipinski definition) is 6. The summed E-state index contributed by atoms with van der Waals surface area (Å²) < 4.78 is 16.3. The van der Waals surface area contributed by atoms with Gasteiger partial charge in [-0.3, -0.25) is 5.84 Å². The first-order valence-corrected chi connectivity index (χ1v) is 6.54. The number of anilines is 1. The Morgan fingerprint density at radius 1 is 1.20 bits per heavy atom. The van der Waals surface area contributed by atoms with Crippen LogP contribution >= 0.6 is 0 Å². The van der Waals surface area contributed by atoms with Crippen LogP contribution in [0.15, 0.2) is 30.3 Å². The van der Waals surface area contributed by atoms with Crippen LogP contribution in [0, 0.1) is 0 Å². The molecule has 1 aromatic carbocycles. The molecule has 0 aliphatic carbocycles. The number of hydrazine groups is 1. The highest BCUT2D eigenvalue weighted by Crippen LogP contribution is 2.26. The minimum Gasteiger partial charge on any atom is -0.496 e. The van der Waals surface area contributed by atoms with Gasteiger partial charge >= 0.3 is 7.32 Å². The molecule has 7 heteroatoms. The summed E-state index contributed by atoms with van der Waals surface area (Å²) in [6.45, 7) is 4.68. The van der Waals surface area contributed by atoms with Crippen LogP contribution in [-0.2, 0) is 9.31 Å². The maximum Gasteiger partial charge on any atom is 0.714 e. The standard InChI is InChI=1S/C13H18BN3O3/c1-3-18-14(19-4-2)20-13-12(17-15)9-10-7-5-6-8-11(10)16-13/h5-9,17H,3-4,15H2,1-2H3. The van der Waals surface area contributed by atoms with Crippen molar-refractivity contribution in [3.05, 3.63) is 30.3 Å². The molecule has 0 saturated heterocycles. The first-order chi connectivity index (χ1) is 9.78. The molecule has 106 valence electrons. The summed E-state index contributed by atoms with van der Waals surface area (Å²) in [5, 5.41) is 0.970. The molecule has 0 amide bonds. The van der Waals surface area contributed by atoms with E-state index >= 15 is 0 Å². The molecule has 0 aliphatic heterocycles. The highest BCUT2D eigenvalue weighted by atomic mass is 16.7. The Hall–Kier alpha value is -1.83. The first-order valence-electron chi connectivity index (χ1n) is 6.54. The van der Waals surface area contributed by atoms with Crippen molar-refractivity contribution in [1.82, 2.24) is 4.98 Å². The molecule has 2 aromatic rings. The lowest BCUT2D eigenvalue weighted by Crippen LogP contribution is -2.31. The Morgan fingerprint density at radius 2 is 1.90 bits per heavy atom. The van der Waals surface area contributed by atoms with Crippen molar-refractivity contribution in [3.8, 4) is 5.88 Å². The Kier molecular flexibility index (Phi) is 5.17. The summed E-state index contributed by atoms with van der Waals surface area (Å²) in [6, 6.07) is 9.58. The third-order valence-corrected chi connectivity index (χ3v) is 2.66. The molecule has 0 unspecified atom stereocenters. The molecule has 0 fully saturated rings. The number of hydrogen-bond donors (Lipinski definition) is 2. The molecule has 0 radical (unpaired) electrons. The number of aromatic nitrogens is 1. The van der Waals surface area contributed by atoms with Gasteiger partial charge in [-0.25, -0.2) is 4.98 Å². The zero-order valence-electron chi connectivity index (χ0n) is 11.6. The van der Waals surface area contributed by atoms with Crippen LogP contribution in [0.4, 0.5) is 5.69 Å². The minimum atomic E-state index is -0.800. The third kappa shape index (κ3) is 3.38. The van der Waals surface area contributed by atoms with Crippen molar-refractivity contribution in [2.24, 2.45) is 5.84 Å². The number of nitrogens with two attached hydrogens (primary N) is 1. The second kappa shape index (κ2) is 7.09. The molecule has 3 N–H and O–H groups in total. The molecular formula is C13H18BN3O3. The number of nitrogens with one attached hydrogen (secondary N) is 1. The van der Waals surface area contributed by atoms with Gasteiger partial charge in [-0.05, 0) is 26.0 Å². The van der Waals surface area contributed by atoms with Crippen LogP contribution in [0.25, 0.3) is 10.9 Å². The summed E-state index contributed by atoms with van der Waals surface area (Å²) in [5.41, 5.74) is 3.97. The Balaban J connectivity index is 2.31. The van der Waals surface area contributed by atoms with Crippen molar-refractivity contribution in [3.63, 3.8) is 0 Å². The summed E-state index contributed by atoms with van der Waals surface area (Å²) in [6.07, 6.45) is 0. The molecular weight excluding hydrogens is 257 g/mol. The molecule has 0 saturated carbocycles. The van der Waals surface area contributed by atoms with E-state index in [1.54, 1.807) is 0 Å². The second-order valence-corrected chi connectivity index (χ2v) is 4.00. The lowest BCUT2D eigenvalue weighted by Gasteiger charge is -2.15. The van der Waals surface area contributed by atoms with Crippen LogP contribution in [0.2, 0.25) is 0 Å². The number of para-hydroxylation sites is 1. The van der Waals surface area contributed by atoms with E-state index in [1.165, 1.54) is 0 Å². The predicted molar refractivity (Wildman–Crippen MR) is 79.2 cm³/mol. The molecule has 0 spiro atoms. The molecule has 0 atom stereocenters. The van der Waals surface area contributed by atoms with E-state index in [0.29, 0.717) is 24.8 Å². The average Bonchev–Trinajstić information content (AvgIpc) is 2.47. The van der Waals surface area contributed by atoms with Gasteiger partial charge in [-0.15, -0.1) is 0 Å². The van der Waals surface area contributed by atoms with Crippen LogP contribution in [0.5, 0.6) is 5.88 Å². The molecule has 0 aliphatic rings. The smallest absolute Gasteiger partial charge is 0.496 e. The Morgan fingerprint density at radius 3 is 2.55 bits per heavy atom.